The fraction of sp³-hybridized carbons (Fsp3) is 0.581. The van der Waals surface area contributed by atoms with Gasteiger partial charge in [0, 0.05) is 43.0 Å². The molecule has 2 aromatic carbocycles. The van der Waals surface area contributed by atoms with Gasteiger partial charge in [0.25, 0.3) is 0 Å². The molecule has 4 heterocycles. The number of piperidine rings is 2. The number of hydrogen-bond donors (Lipinski definition) is 0. The van der Waals surface area contributed by atoms with Crippen molar-refractivity contribution in [1.29, 1.82) is 0 Å². The van der Waals surface area contributed by atoms with Gasteiger partial charge in [-0.05, 0) is 114 Å². The van der Waals surface area contributed by atoms with Crippen molar-refractivity contribution in [2.75, 3.05) is 19.3 Å². The molecule has 0 saturated carbocycles. The Kier molecular flexibility index (Phi) is 6.87. The maximum atomic E-state index is 14.6. The summed E-state index contributed by atoms with van der Waals surface area (Å²) in [5, 5.41) is 0. The third-order valence-corrected chi connectivity index (χ3v) is 10.8. The van der Waals surface area contributed by atoms with Gasteiger partial charge >= 0.3 is 0 Å². The van der Waals surface area contributed by atoms with Gasteiger partial charge in [-0.1, -0.05) is 6.07 Å². The van der Waals surface area contributed by atoms with E-state index in [1.807, 2.05) is 11.6 Å². The number of hydrogen-bond acceptors (Lipinski definition) is 5. The zero-order chi connectivity index (χ0) is 27.6. The molecule has 3 aromatic rings. The molecule has 6 nitrogen and oxygen atoms in total. The first kappa shape index (κ1) is 26.9. The van der Waals surface area contributed by atoms with Crippen LogP contribution in [0.2, 0.25) is 0 Å². The third kappa shape index (κ3) is 4.82. The first-order chi connectivity index (χ1) is 18.5. The number of sulfone groups is 1. The average molecular weight is 553 g/mol. The first-order valence-electron chi connectivity index (χ1n) is 14.5. The van der Waals surface area contributed by atoms with Gasteiger partial charge in [0.15, 0.2) is 9.84 Å². The number of rotatable bonds is 5. The lowest BCUT2D eigenvalue weighted by Gasteiger charge is -2.46. The normalized spacial score (nSPS) is 25.3. The van der Waals surface area contributed by atoms with Crippen LogP contribution in [0.3, 0.4) is 0 Å². The van der Waals surface area contributed by atoms with Crippen LogP contribution in [0.1, 0.15) is 69.4 Å². The molecular weight excluding hydrogens is 511 g/mol. The highest BCUT2D eigenvalue weighted by atomic mass is 32.2. The van der Waals surface area contributed by atoms with E-state index in [2.05, 4.69) is 42.7 Å². The molecular formula is C31H41FN4O2S. The van der Waals surface area contributed by atoms with Crippen molar-refractivity contribution < 1.29 is 12.8 Å². The third-order valence-electron chi connectivity index (χ3n) is 9.67. The highest BCUT2D eigenvalue weighted by Crippen LogP contribution is 2.41. The SMILES string of the molecule is Cc1cc(C2CCN(C3CC4CCC(C3)N4C(C)C)CC2)cc2c1nc(-c1ccc(S(C)(=O)=O)c(F)c1)n2C. The number of imidazole rings is 1. The zero-order valence-corrected chi connectivity index (χ0v) is 24.6. The van der Waals surface area contributed by atoms with Crippen LogP contribution in [0.15, 0.2) is 35.2 Å². The van der Waals surface area contributed by atoms with Gasteiger partial charge in [-0.3, -0.25) is 4.90 Å². The van der Waals surface area contributed by atoms with E-state index in [1.54, 1.807) is 6.07 Å². The van der Waals surface area contributed by atoms with Crippen molar-refractivity contribution >= 4 is 20.9 Å². The lowest BCUT2D eigenvalue weighted by molar-refractivity contribution is 0.0298. The Morgan fingerprint density at radius 1 is 0.974 bits per heavy atom. The molecule has 3 saturated heterocycles. The summed E-state index contributed by atoms with van der Waals surface area (Å²) < 4.78 is 40.4. The van der Waals surface area contributed by atoms with Crippen molar-refractivity contribution in [1.82, 2.24) is 19.4 Å². The molecule has 1 aromatic heterocycles. The minimum Gasteiger partial charge on any atom is -0.327 e. The Balaban J connectivity index is 1.20. The second-order valence-corrected chi connectivity index (χ2v) is 14.5. The van der Waals surface area contributed by atoms with E-state index < -0.39 is 15.7 Å². The van der Waals surface area contributed by atoms with E-state index in [4.69, 9.17) is 4.98 Å². The first-order valence-corrected chi connectivity index (χ1v) is 16.4. The summed E-state index contributed by atoms with van der Waals surface area (Å²) in [5.74, 6) is 0.428. The summed E-state index contributed by atoms with van der Waals surface area (Å²) in [6.45, 7) is 9.14. The topological polar surface area (TPSA) is 58.4 Å². The van der Waals surface area contributed by atoms with Crippen LogP contribution in [0, 0.1) is 12.7 Å². The molecule has 2 bridgehead atoms. The van der Waals surface area contributed by atoms with Crippen molar-refractivity contribution in [3.63, 3.8) is 0 Å². The lowest BCUT2D eigenvalue weighted by atomic mass is 9.86. The van der Waals surface area contributed by atoms with Crippen LogP contribution in [-0.4, -0.2) is 71.3 Å². The lowest BCUT2D eigenvalue weighted by Crippen LogP contribution is -2.53. The fourth-order valence-electron chi connectivity index (χ4n) is 7.84. The quantitative estimate of drug-likeness (QED) is 0.408. The van der Waals surface area contributed by atoms with E-state index in [-0.39, 0.29) is 4.90 Å². The standard InChI is InChI=1S/C31H41FN4O2S/c1-19(2)36-24-7-8-25(36)18-26(17-24)35-12-10-21(11-13-35)23-14-20(3)30-28(16-23)34(4)31(33-30)22-6-9-29(27(32)15-22)39(5,37)38/h6,9,14-16,19,21,24-26H,7-8,10-13,17-18H2,1-5H3. The molecule has 0 aliphatic carbocycles. The van der Waals surface area contributed by atoms with Gasteiger partial charge in [-0.25, -0.2) is 17.8 Å². The van der Waals surface area contributed by atoms with Crippen molar-refractivity contribution in [3.8, 4) is 11.4 Å². The molecule has 0 amide bonds. The van der Waals surface area contributed by atoms with Crippen molar-refractivity contribution in [2.24, 2.45) is 7.05 Å². The molecule has 0 radical (unpaired) electrons. The van der Waals surface area contributed by atoms with E-state index in [1.165, 1.54) is 56.2 Å². The molecule has 2 atom stereocenters. The maximum Gasteiger partial charge on any atom is 0.178 e. The Bertz CT molecular complexity index is 1490. The van der Waals surface area contributed by atoms with Gasteiger partial charge in [-0.2, -0.15) is 0 Å². The molecule has 39 heavy (non-hydrogen) atoms. The van der Waals surface area contributed by atoms with Gasteiger partial charge in [-0.15, -0.1) is 0 Å². The van der Waals surface area contributed by atoms with Crippen LogP contribution < -0.4 is 0 Å². The second kappa shape index (κ2) is 9.96. The number of fused-ring (bicyclic) bond motifs is 3. The van der Waals surface area contributed by atoms with E-state index in [0.717, 1.165) is 54.1 Å². The monoisotopic (exact) mass is 552 g/mol. The summed E-state index contributed by atoms with van der Waals surface area (Å²) in [6, 6.07) is 11.7. The number of aryl methyl sites for hydroxylation is 2. The largest absolute Gasteiger partial charge is 0.327 e. The molecule has 3 aliphatic rings. The molecule has 210 valence electrons. The highest BCUT2D eigenvalue weighted by molar-refractivity contribution is 7.90. The predicted molar refractivity (Wildman–Crippen MR) is 154 cm³/mol. The van der Waals surface area contributed by atoms with Gasteiger partial charge in [0.1, 0.15) is 16.5 Å². The Morgan fingerprint density at radius 2 is 1.64 bits per heavy atom. The molecule has 3 fully saturated rings. The number of nitrogens with zero attached hydrogens (tertiary/aromatic N) is 4. The summed E-state index contributed by atoms with van der Waals surface area (Å²) in [4.78, 5) is 10.1. The number of likely N-dealkylation sites (tertiary alicyclic amines) is 1. The van der Waals surface area contributed by atoms with E-state index in [9.17, 15) is 12.8 Å². The van der Waals surface area contributed by atoms with Crippen LogP contribution >= 0.6 is 0 Å². The van der Waals surface area contributed by atoms with Gasteiger partial charge < -0.3 is 9.47 Å². The maximum absolute atomic E-state index is 14.6. The van der Waals surface area contributed by atoms with Crippen LogP contribution in [0.5, 0.6) is 0 Å². The molecule has 3 aliphatic heterocycles. The minimum atomic E-state index is -3.62. The summed E-state index contributed by atoms with van der Waals surface area (Å²) in [5.41, 5.74) is 5.01. The summed E-state index contributed by atoms with van der Waals surface area (Å²) in [6.07, 6.45) is 8.77. The number of benzene rings is 2. The van der Waals surface area contributed by atoms with Crippen LogP contribution in [0.25, 0.3) is 22.4 Å². The Hall–Kier alpha value is -2.29. The molecule has 6 rings (SSSR count). The number of aromatic nitrogens is 2. The minimum absolute atomic E-state index is 0.284. The molecule has 0 spiro atoms. The molecule has 0 N–H and O–H groups in total. The smallest absolute Gasteiger partial charge is 0.178 e. The van der Waals surface area contributed by atoms with Gasteiger partial charge in [0.2, 0.25) is 0 Å². The average Bonchev–Trinajstić information content (AvgIpc) is 3.36. The molecule has 8 heteroatoms. The Labute approximate surface area is 232 Å². The van der Waals surface area contributed by atoms with Crippen molar-refractivity contribution in [3.05, 3.63) is 47.3 Å². The number of halogens is 1. The predicted octanol–water partition coefficient (Wildman–Crippen LogP) is 5.67. The van der Waals surface area contributed by atoms with Crippen LogP contribution in [-0.2, 0) is 16.9 Å². The van der Waals surface area contributed by atoms with Crippen LogP contribution in [0.4, 0.5) is 4.39 Å². The van der Waals surface area contributed by atoms with Crippen molar-refractivity contribution in [2.45, 2.75) is 94.3 Å². The highest BCUT2D eigenvalue weighted by Gasteiger charge is 2.43. The fourth-order valence-corrected chi connectivity index (χ4v) is 8.57. The van der Waals surface area contributed by atoms with Gasteiger partial charge in [0.05, 0.1) is 11.0 Å². The van der Waals surface area contributed by atoms with E-state index >= 15 is 0 Å². The second-order valence-electron chi connectivity index (χ2n) is 12.5. The molecule has 2 unspecified atom stereocenters. The zero-order valence-electron chi connectivity index (χ0n) is 23.8. The summed E-state index contributed by atoms with van der Waals surface area (Å²) in [7, 11) is -1.66. The summed E-state index contributed by atoms with van der Waals surface area (Å²) >= 11 is 0. The van der Waals surface area contributed by atoms with E-state index in [0.29, 0.717) is 23.3 Å². The Morgan fingerprint density at radius 3 is 2.23 bits per heavy atom.